The van der Waals surface area contributed by atoms with Gasteiger partial charge in [-0.3, -0.25) is 18.6 Å². The Morgan fingerprint density at radius 2 is 0.931 bits per heavy atom. The highest BCUT2D eigenvalue weighted by Crippen LogP contribution is 2.47. The molecule has 0 aromatic rings. The van der Waals surface area contributed by atoms with Gasteiger partial charge in [0.25, 0.3) is 0 Å². The van der Waals surface area contributed by atoms with Crippen LogP contribution in [0.1, 0.15) is 187 Å². The molecule has 340 valence electrons. The minimum atomic E-state index is -5.11. The molecule has 0 aromatic heterocycles. The average Bonchev–Trinajstić information content (AvgIpc) is 3.20. The standard InChI is InChI=1S/C44H81O13P/c1-3-5-7-9-11-13-15-17-19-21-22-24-26-28-30-32-37(45)54-34-36(35-55-58(52,53)57-44-42(50)40(48)39(47)41(49)43(44)51)56-38(46)33-31-29-27-25-23-20-18-16-14-12-10-8-6-4-2/h11,13,17,19,36,39-44,47-51H,3-10,12,14-16,18,20-35H2,1-2H3,(H,52,53)/b13-11+,19-17+/t36-,39?,40-,41?,42?,43?,44?/m0/s1. The first-order valence-corrected chi connectivity index (χ1v) is 24.1. The van der Waals surface area contributed by atoms with Gasteiger partial charge in [0.2, 0.25) is 0 Å². The van der Waals surface area contributed by atoms with E-state index in [4.69, 9.17) is 18.5 Å². The highest BCUT2D eigenvalue weighted by Gasteiger charge is 2.51. The van der Waals surface area contributed by atoms with Crippen molar-refractivity contribution in [1.29, 1.82) is 0 Å². The molecule has 6 unspecified atom stereocenters. The van der Waals surface area contributed by atoms with Crippen LogP contribution in [-0.4, -0.2) is 98.3 Å². The van der Waals surface area contributed by atoms with E-state index in [1.54, 1.807) is 0 Å². The summed E-state index contributed by atoms with van der Waals surface area (Å²) in [5.74, 6) is -1.11. The fourth-order valence-corrected chi connectivity index (χ4v) is 7.82. The fourth-order valence-electron chi connectivity index (χ4n) is 6.85. The third-order valence-electron chi connectivity index (χ3n) is 10.5. The molecule has 0 bridgehead atoms. The normalized spacial score (nSPS) is 22.7. The second-order valence-corrected chi connectivity index (χ2v) is 17.3. The Balaban J connectivity index is 2.48. The number of phosphoric acid groups is 1. The second-order valence-electron chi connectivity index (χ2n) is 15.9. The number of aliphatic hydroxyl groups is 5. The molecule has 1 aliphatic rings. The Hall–Kier alpha value is -1.67. The summed E-state index contributed by atoms with van der Waals surface area (Å²) >= 11 is 0. The van der Waals surface area contributed by atoms with E-state index in [1.165, 1.54) is 77.0 Å². The topological polar surface area (TPSA) is 210 Å². The van der Waals surface area contributed by atoms with Gasteiger partial charge in [-0.25, -0.2) is 4.57 Å². The number of ether oxygens (including phenoxy) is 2. The Kier molecular flexibility index (Phi) is 32.8. The molecule has 1 rings (SSSR count). The van der Waals surface area contributed by atoms with Gasteiger partial charge in [0.05, 0.1) is 6.61 Å². The molecule has 0 radical (unpaired) electrons. The quantitative estimate of drug-likeness (QED) is 0.0150. The van der Waals surface area contributed by atoms with E-state index >= 15 is 0 Å². The first kappa shape index (κ1) is 54.3. The van der Waals surface area contributed by atoms with Crippen LogP contribution in [-0.2, 0) is 32.7 Å². The predicted molar refractivity (Wildman–Crippen MR) is 226 cm³/mol. The van der Waals surface area contributed by atoms with Crippen LogP contribution in [0.5, 0.6) is 0 Å². The summed E-state index contributed by atoms with van der Waals surface area (Å²) in [4.78, 5) is 35.6. The zero-order valence-electron chi connectivity index (χ0n) is 35.8. The smallest absolute Gasteiger partial charge is 0.462 e. The largest absolute Gasteiger partial charge is 0.472 e. The summed E-state index contributed by atoms with van der Waals surface area (Å²) in [5, 5.41) is 50.1. The van der Waals surface area contributed by atoms with Crippen molar-refractivity contribution in [3.63, 3.8) is 0 Å². The number of aliphatic hydroxyl groups excluding tert-OH is 5. The molecule has 0 heterocycles. The van der Waals surface area contributed by atoms with E-state index in [1.807, 2.05) is 0 Å². The van der Waals surface area contributed by atoms with Crippen molar-refractivity contribution in [2.75, 3.05) is 13.2 Å². The number of allylic oxidation sites excluding steroid dienone is 4. The molecule has 58 heavy (non-hydrogen) atoms. The zero-order chi connectivity index (χ0) is 42.9. The van der Waals surface area contributed by atoms with E-state index in [-0.39, 0.29) is 12.8 Å². The molecular formula is C44H81O13P. The van der Waals surface area contributed by atoms with Crippen molar-refractivity contribution in [1.82, 2.24) is 0 Å². The van der Waals surface area contributed by atoms with E-state index in [0.717, 1.165) is 70.6 Å². The van der Waals surface area contributed by atoms with Crippen molar-refractivity contribution in [3.05, 3.63) is 24.3 Å². The summed E-state index contributed by atoms with van der Waals surface area (Å²) in [7, 11) is -5.11. The fraction of sp³-hybridized carbons (Fsp3) is 0.864. The first-order chi connectivity index (χ1) is 27.9. The number of rotatable bonds is 37. The lowest BCUT2D eigenvalue weighted by atomic mass is 9.85. The maximum absolute atomic E-state index is 12.8. The zero-order valence-corrected chi connectivity index (χ0v) is 36.7. The molecular weight excluding hydrogens is 767 g/mol. The number of hydrogen-bond acceptors (Lipinski definition) is 12. The van der Waals surface area contributed by atoms with Gasteiger partial charge in [0, 0.05) is 12.8 Å². The van der Waals surface area contributed by atoms with Gasteiger partial charge in [-0.05, 0) is 44.9 Å². The Morgan fingerprint density at radius 1 is 0.534 bits per heavy atom. The van der Waals surface area contributed by atoms with Gasteiger partial charge in [-0.2, -0.15) is 0 Å². The summed E-state index contributed by atoms with van der Waals surface area (Å²) in [6.07, 6.45) is 23.7. The Bertz CT molecular complexity index is 1120. The first-order valence-electron chi connectivity index (χ1n) is 22.6. The number of esters is 2. The molecule has 0 aliphatic heterocycles. The maximum atomic E-state index is 12.8. The molecule has 0 saturated heterocycles. The van der Waals surface area contributed by atoms with Crippen LogP contribution in [0, 0.1) is 0 Å². The van der Waals surface area contributed by atoms with E-state index in [9.17, 15) is 44.6 Å². The lowest BCUT2D eigenvalue weighted by molar-refractivity contribution is -0.220. The second kappa shape index (κ2) is 35.0. The van der Waals surface area contributed by atoms with Gasteiger partial charge in [-0.1, -0.05) is 154 Å². The van der Waals surface area contributed by atoms with Gasteiger partial charge in [0.1, 0.15) is 43.2 Å². The third kappa shape index (κ3) is 27.2. The van der Waals surface area contributed by atoms with Crippen LogP contribution in [0.4, 0.5) is 0 Å². The minimum Gasteiger partial charge on any atom is -0.462 e. The van der Waals surface area contributed by atoms with Gasteiger partial charge in [-0.15, -0.1) is 0 Å². The van der Waals surface area contributed by atoms with Crippen LogP contribution in [0.2, 0.25) is 0 Å². The molecule has 1 fully saturated rings. The molecule has 0 aromatic carbocycles. The number of carbonyl (C=O) groups is 2. The van der Waals surface area contributed by atoms with E-state index < -0.39 is 75.7 Å². The highest BCUT2D eigenvalue weighted by molar-refractivity contribution is 7.47. The van der Waals surface area contributed by atoms with Crippen molar-refractivity contribution >= 4 is 19.8 Å². The summed E-state index contributed by atoms with van der Waals surface area (Å²) < 4.78 is 33.5. The molecule has 0 amide bonds. The molecule has 14 heteroatoms. The SMILES string of the molecule is CCCCC/C=C/C/C=C/CCCCCCCC(=O)OC[C@@H](COP(=O)(O)OC1C(O)C(O)C(O)[C@H](O)C1O)OC(=O)CCCCCCCCCCCCCCCC. The molecule has 0 spiro atoms. The molecule has 1 aliphatic carbocycles. The van der Waals surface area contributed by atoms with E-state index in [0.29, 0.717) is 12.8 Å². The summed E-state index contributed by atoms with van der Waals surface area (Å²) in [6, 6.07) is 0. The average molecular weight is 849 g/mol. The Labute approximate surface area is 349 Å². The van der Waals surface area contributed by atoms with Gasteiger partial charge < -0.3 is 39.9 Å². The number of phosphoric ester groups is 1. The van der Waals surface area contributed by atoms with Crippen molar-refractivity contribution in [3.8, 4) is 0 Å². The van der Waals surface area contributed by atoms with Crippen LogP contribution in [0.3, 0.4) is 0 Å². The lowest BCUT2D eigenvalue weighted by Crippen LogP contribution is -2.64. The monoisotopic (exact) mass is 849 g/mol. The lowest BCUT2D eigenvalue weighted by Gasteiger charge is -2.41. The van der Waals surface area contributed by atoms with Crippen molar-refractivity contribution in [2.45, 2.75) is 230 Å². The van der Waals surface area contributed by atoms with E-state index in [2.05, 4.69) is 38.2 Å². The van der Waals surface area contributed by atoms with Crippen LogP contribution >= 0.6 is 7.82 Å². The molecule has 8 atom stereocenters. The number of carbonyl (C=O) groups excluding carboxylic acids is 2. The van der Waals surface area contributed by atoms with Gasteiger partial charge in [0.15, 0.2) is 6.10 Å². The summed E-state index contributed by atoms with van der Waals surface area (Å²) in [5.41, 5.74) is 0. The Morgan fingerprint density at radius 3 is 1.43 bits per heavy atom. The molecule has 6 N–H and O–H groups in total. The third-order valence-corrected chi connectivity index (χ3v) is 11.5. The van der Waals surface area contributed by atoms with Gasteiger partial charge >= 0.3 is 19.8 Å². The van der Waals surface area contributed by atoms with Crippen LogP contribution < -0.4 is 0 Å². The molecule has 1 saturated carbocycles. The van der Waals surface area contributed by atoms with Crippen LogP contribution in [0.25, 0.3) is 0 Å². The number of unbranched alkanes of at least 4 members (excludes halogenated alkanes) is 21. The van der Waals surface area contributed by atoms with Crippen molar-refractivity contribution < 1.29 is 63.1 Å². The van der Waals surface area contributed by atoms with Crippen molar-refractivity contribution in [2.24, 2.45) is 0 Å². The summed E-state index contributed by atoms with van der Waals surface area (Å²) in [6.45, 7) is 3.26. The molecule has 13 nitrogen and oxygen atoms in total. The van der Waals surface area contributed by atoms with Crippen LogP contribution in [0.15, 0.2) is 24.3 Å². The minimum absolute atomic E-state index is 0.0975. The predicted octanol–water partition coefficient (Wildman–Crippen LogP) is 8.45. The maximum Gasteiger partial charge on any atom is 0.472 e. The highest BCUT2D eigenvalue weighted by atomic mass is 31.2. The number of hydrogen-bond donors (Lipinski definition) is 6.